The van der Waals surface area contributed by atoms with Crippen LogP contribution in [0, 0.1) is 17.8 Å². The second-order valence-electron chi connectivity index (χ2n) is 6.45. The molecule has 0 aromatic carbocycles. The predicted octanol–water partition coefficient (Wildman–Crippen LogP) is 3.12. The van der Waals surface area contributed by atoms with Crippen molar-refractivity contribution in [3.8, 4) is 0 Å². The fraction of sp³-hybridized carbons (Fsp3) is 0.938. The summed E-state index contributed by atoms with van der Waals surface area (Å²) >= 11 is 0. The number of aliphatic hydroxyl groups excluding tert-OH is 1. The second kappa shape index (κ2) is 9.35. The molecule has 0 spiro atoms. The molecule has 19 heavy (non-hydrogen) atoms. The number of aliphatic hydroxyl groups is 1. The molecule has 0 saturated heterocycles. The maximum Gasteiger partial charge on any atom is 0.223 e. The molecule has 0 aromatic heterocycles. The van der Waals surface area contributed by atoms with Gasteiger partial charge in [0.1, 0.15) is 0 Å². The molecule has 112 valence electrons. The van der Waals surface area contributed by atoms with Crippen LogP contribution >= 0.6 is 0 Å². The van der Waals surface area contributed by atoms with Gasteiger partial charge in [-0.1, -0.05) is 33.1 Å². The third-order valence-corrected chi connectivity index (χ3v) is 4.13. The molecule has 3 heteroatoms. The van der Waals surface area contributed by atoms with Crippen molar-refractivity contribution < 1.29 is 9.90 Å². The molecule has 1 rings (SSSR count). The Kier molecular flexibility index (Phi) is 8.11. The first-order chi connectivity index (χ1) is 9.13. The lowest BCUT2D eigenvalue weighted by Crippen LogP contribution is -2.30. The first kappa shape index (κ1) is 16.5. The van der Waals surface area contributed by atoms with Crippen molar-refractivity contribution in [2.75, 3.05) is 13.2 Å². The van der Waals surface area contributed by atoms with Gasteiger partial charge in [-0.15, -0.1) is 0 Å². The summed E-state index contributed by atoms with van der Waals surface area (Å²) < 4.78 is 0. The van der Waals surface area contributed by atoms with Crippen LogP contribution < -0.4 is 5.32 Å². The van der Waals surface area contributed by atoms with Crippen molar-refractivity contribution in [3.05, 3.63) is 0 Å². The van der Waals surface area contributed by atoms with Crippen LogP contribution in [0.2, 0.25) is 0 Å². The zero-order valence-electron chi connectivity index (χ0n) is 12.7. The highest BCUT2D eigenvalue weighted by Gasteiger charge is 2.21. The van der Waals surface area contributed by atoms with Crippen LogP contribution in [0.5, 0.6) is 0 Å². The molecular formula is C16H31NO2. The quantitative estimate of drug-likeness (QED) is 0.632. The van der Waals surface area contributed by atoms with Crippen molar-refractivity contribution in [2.45, 2.75) is 65.2 Å². The van der Waals surface area contributed by atoms with Gasteiger partial charge in [-0.25, -0.2) is 0 Å². The van der Waals surface area contributed by atoms with Gasteiger partial charge in [0.2, 0.25) is 5.91 Å². The standard InChI is InChI=1S/C16H31NO2/c1-13(2)11-14(12-18)7-5-6-10-17-16(19)15-8-3-4-9-15/h13-15,18H,3-12H2,1-2H3,(H,17,19). The SMILES string of the molecule is CC(C)CC(CO)CCCCNC(=O)C1CCCC1. The topological polar surface area (TPSA) is 49.3 Å². The van der Waals surface area contributed by atoms with E-state index in [1.807, 2.05) is 0 Å². The van der Waals surface area contributed by atoms with E-state index in [2.05, 4.69) is 19.2 Å². The zero-order valence-corrected chi connectivity index (χ0v) is 12.7. The Balaban J connectivity index is 2.02. The van der Waals surface area contributed by atoms with Crippen LogP contribution in [0.25, 0.3) is 0 Å². The highest BCUT2D eigenvalue weighted by molar-refractivity contribution is 5.78. The van der Waals surface area contributed by atoms with Gasteiger partial charge >= 0.3 is 0 Å². The van der Waals surface area contributed by atoms with Gasteiger partial charge in [0.15, 0.2) is 0 Å². The van der Waals surface area contributed by atoms with Crippen molar-refractivity contribution >= 4 is 5.91 Å². The van der Waals surface area contributed by atoms with Crippen molar-refractivity contribution in [2.24, 2.45) is 17.8 Å². The molecule has 1 unspecified atom stereocenters. The molecule has 0 bridgehead atoms. The van der Waals surface area contributed by atoms with E-state index >= 15 is 0 Å². The van der Waals surface area contributed by atoms with E-state index < -0.39 is 0 Å². The molecule has 1 aliphatic carbocycles. The van der Waals surface area contributed by atoms with Crippen molar-refractivity contribution in [3.63, 3.8) is 0 Å². The van der Waals surface area contributed by atoms with Crippen LogP contribution in [-0.2, 0) is 4.79 Å². The van der Waals surface area contributed by atoms with Crippen molar-refractivity contribution in [1.29, 1.82) is 0 Å². The van der Waals surface area contributed by atoms with Crippen LogP contribution in [0.3, 0.4) is 0 Å². The molecule has 1 amide bonds. The number of rotatable bonds is 9. The summed E-state index contributed by atoms with van der Waals surface area (Å²) in [5, 5.41) is 12.3. The van der Waals surface area contributed by atoms with Gasteiger partial charge < -0.3 is 10.4 Å². The smallest absolute Gasteiger partial charge is 0.223 e. The van der Waals surface area contributed by atoms with E-state index in [1.54, 1.807) is 0 Å². The number of nitrogens with one attached hydrogen (secondary N) is 1. The van der Waals surface area contributed by atoms with E-state index in [1.165, 1.54) is 12.8 Å². The van der Waals surface area contributed by atoms with Gasteiger partial charge in [-0.3, -0.25) is 4.79 Å². The minimum absolute atomic E-state index is 0.262. The number of amides is 1. The molecule has 3 nitrogen and oxygen atoms in total. The van der Waals surface area contributed by atoms with Gasteiger partial charge in [-0.2, -0.15) is 0 Å². The average molecular weight is 269 g/mol. The zero-order chi connectivity index (χ0) is 14.1. The lowest BCUT2D eigenvalue weighted by atomic mass is 9.93. The van der Waals surface area contributed by atoms with Crippen LogP contribution in [-0.4, -0.2) is 24.2 Å². The Labute approximate surface area is 118 Å². The molecule has 1 saturated carbocycles. The summed E-state index contributed by atoms with van der Waals surface area (Å²) in [7, 11) is 0. The molecule has 1 aliphatic rings. The lowest BCUT2D eigenvalue weighted by Gasteiger charge is -2.16. The van der Waals surface area contributed by atoms with Crippen molar-refractivity contribution in [1.82, 2.24) is 5.32 Å². The summed E-state index contributed by atoms with van der Waals surface area (Å²) in [6, 6.07) is 0. The van der Waals surface area contributed by atoms with E-state index in [-0.39, 0.29) is 11.8 Å². The van der Waals surface area contributed by atoms with E-state index in [0.717, 1.165) is 45.1 Å². The Morgan fingerprint density at radius 2 is 1.95 bits per heavy atom. The molecule has 1 atom stereocenters. The number of hydrogen-bond donors (Lipinski definition) is 2. The third kappa shape index (κ3) is 6.95. The molecule has 1 fully saturated rings. The minimum atomic E-state index is 0.262. The van der Waals surface area contributed by atoms with Gasteiger partial charge in [0, 0.05) is 19.1 Å². The van der Waals surface area contributed by atoms with Crippen LogP contribution in [0.1, 0.15) is 65.2 Å². The monoisotopic (exact) mass is 269 g/mol. The molecular weight excluding hydrogens is 238 g/mol. The summed E-state index contributed by atoms with van der Waals surface area (Å²) in [5.41, 5.74) is 0. The summed E-state index contributed by atoms with van der Waals surface area (Å²) in [4.78, 5) is 11.8. The van der Waals surface area contributed by atoms with Gasteiger partial charge in [-0.05, 0) is 43.9 Å². The maximum atomic E-state index is 11.8. The number of carbonyl (C=O) groups excluding carboxylic acids is 1. The van der Waals surface area contributed by atoms with Gasteiger partial charge in [0.25, 0.3) is 0 Å². The largest absolute Gasteiger partial charge is 0.396 e. The second-order valence-corrected chi connectivity index (χ2v) is 6.45. The first-order valence-corrected chi connectivity index (χ1v) is 8.02. The number of unbranched alkanes of at least 4 members (excludes halogenated alkanes) is 1. The van der Waals surface area contributed by atoms with Gasteiger partial charge in [0.05, 0.1) is 0 Å². The fourth-order valence-corrected chi connectivity index (χ4v) is 3.05. The Bertz CT molecular complexity index is 247. The Morgan fingerprint density at radius 1 is 1.26 bits per heavy atom. The summed E-state index contributed by atoms with van der Waals surface area (Å²) in [5.74, 6) is 1.63. The minimum Gasteiger partial charge on any atom is -0.396 e. The molecule has 2 N–H and O–H groups in total. The predicted molar refractivity (Wildman–Crippen MR) is 78.8 cm³/mol. The first-order valence-electron chi connectivity index (χ1n) is 8.02. The number of hydrogen-bond acceptors (Lipinski definition) is 2. The highest BCUT2D eigenvalue weighted by Crippen LogP contribution is 2.24. The van der Waals surface area contributed by atoms with E-state index in [9.17, 15) is 9.90 Å². The lowest BCUT2D eigenvalue weighted by molar-refractivity contribution is -0.124. The van der Waals surface area contributed by atoms with Crippen LogP contribution in [0.15, 0.2) is 0 Å². The fourth-order valence-electron chi connectivity index (χ4n) is 3.05. The normalized spacial score (nSPS) is 17.9. The maximum absolute atomic E-state index is 11.8. The summed E-state index contributed by atoms with van der Waals surface area (Å²) in [6.07, 6.45) is 8.89. The average Bonchev–Trinajstić information content (AvgIpc) is 2.90. The molecule has 0 radical (unpaired) electrons. The summed E-state index contributed by atoms with van der Waals surface area (Å²) in [6.45, 7) is 5.50. The molecule has 0 heterocycles. The highest BCUT2D eigenvalue weighted by atomic mass is 16.3. The van der Waals surface area contributed by atoms with E-state index in [0.29, 0.717) is 18.4 Å². The Hall–Kier alpha value is -0.570. The van der Waals surface area contributed by atoms with E-state index in [4.69, 9.17) is 0 Å². The Morgan fingerprint density at radius 3 is 2.53 bits per heavy atom. The molecule has 0 aliphatic heterocycles. The van der Waals surface area contributed by atoms with Crippen LogP contribution in [0.4, 0.5) is 0 Å². The third-order valence-electron chi connectivity index (χ3n) is 4.13. The number of carbonyl (C=O) groups is 1. The molecule has 0 aromatic rings.